The van der Waals surface area contributed by atoms with Crippen molar-refractivity contribution in [2.24, 2.45) is 0 Å². The van der Waals surface area contributed by atoms with E-state index < -0.39 is 5.82 Å². The van der Waals surface area contributed by atoms with Crippen molar-refractivity contribution >= 4 is 17.3 Å². The Hall–Kier alpha value is -1.58. The van der Waals surface area contributed by atoms with E-state index in [-0.39, 0.29) is 11.6 Å². The molecule has 0 unspecified atom stereocenters. The zero-order valence-electron chi connectivity index (χ0n) is 10.8. The molecule has 0 atom stereocenters. The Labute approximate surface area is 108 Å². The number of rotatable bonds is 7. The van der Waals surface area contributed by atoms with E-state index in [0.717, 1.165) is 19.3 Å². The number of nitrogens with one attached hydrogen (secondary N) is 1. The molecule has 1 aromatic carbocycles. The monoisotopic (exact) mass is 252 g/mol. The van der Waals surface area contributed by atoms with Crippen LogP contribution in [0.2, 0.25) is 0 Å². The van der Waals surface area contributed by atoms with Gasteiger partial charge in [-0.15, -0.1) is 0 Å². The molecule has 0 aliphatic rings. The van der Waals surface area contributed by atoms with Gasteiger partial charge in [0.05, 0.1) is 5.69 Å². The minimum atomic E-state index is -0.491. The normalized spacial score (nSPS) is 10.3. The number of anilines is 2. The van der Waals surface area contributed by atoms with Gasteiger partial charge in [-0.3, -0.25) is 4.79 Å². The Morgan fingerprint density at radius 3 is 2.67 bits per heavy atom. The van der Waals surface area contributed by atoms with E-state index in [1.165, 1.54) is 25.0 Å². The molecule has 0 aliphatic heterocycles. The summed E-state index contributed by atoms with van der Waals surface area (Å²) in [6.07, 6.45) is 5.87. The second-order valence-electron chi connectivity index (χ2n) is 4.45. The van der Waals surface area contributed by atoms with Crippen molar-refractivity contribution < 1.29 is 9.18 Å². The van der Waals surface area contributed by atoms with Crippen molar-refractivity contribution in [3.05, 3.63) is 24.0 Å². The highest BCUT2D eigenvalue weighted by Gasteiger charge is 2.06. The first-order chi connectivity index (χ1) is 8.63. The van der Waals surface area contributed by atoms with Crippen LogP contribution in [0.5, 0.6) is 0 Å². The van der Waals surface area contributed by atoms with Gasteiger partial charge in [-0.25, -0.2) is 4.39 Å². The summed E-state index contributed by atoms with van der Waals surface area (Å²) >= 11 is 0. The van der Waals surface area contributed by atoms with E-state index in [4.69, 9.17) is 5.73 Å². The number of halogens is 1. The zero-order chi connectivity index (χ0) is 13.4. The number of carbonyl (C=O) groups is 1. The minimum absolute atomic E-state index is 0.143. The standard InChI is InChI=1S/C14H21FN2O/c1-2-3-4-5-6-7-14(18)17-13-9-8-11(16)10-12(13)15/h8-10H,2-7,16H2,1H3,(H,17,18). The fourth-order valence-corrected chi connectivity index (χ4v) is 1.73. The van der Waals surface area contributed by atoms with Crippen molar-refractivity contribution in [2.75, 3.05) is 11.1 Å². The molecule has 1 amide bonds. The van der Waals surface area contributed by atoms with Gasteiger partial charge in [-0.05, 0) is 24.6 Å². The summed E-state index contributed by atoms with van der Waals surface area (Å²) in [4.78, 5) is 11.6. The van der Waals surface area contributed by atoms with Crippen molar-refractivity contribution in [1.29, 1.82) is 0 Å². The van der Waals surface area contributed by atoms with E-state index >= 15 is 0 Å². The van der Waals surface area contributed by atoms with Crippen LogP contribution in [0.15, 0.2) is 18.2 Å². The van der Waals surface area contributed by atoms with Crippen LogP contribution in [-0.4, -0.2) is 5.91 Å². The minimum Gasteiger partial charge on any atom is -0.399 e. The zero-order valence-corrected chi connectivity index (χ0v) is 10.8. The number of hydrogen-bond acceptors (Lipinski definition) is 2. The van der Waals surface area contributed by atoms with Crippen LogP contribution in [0.1, 0.15) is 45.4 Å². The Balaban J connectivity index is 2.31. The Bertz CT molecular complexity index is 393. The maximum atomic E-state index is 13.4. The number of nitrogen functional groups attached to an aromatic ring is 1. The van der Waals surface area contributed by atoms with Crippen molar-refractivity contribution in [3.8, 4) is 0 Å². The molecule has 0 fully saturated rings. The molecule has 0 bridgehead atoms. The average Bonchev–Trinajstić information content (AvgIpc) is 2.32. The first-order valence-corrected chi connectivity index (χ1v) is 6.48. The van der Waals surface area contributed by atoms with Gasteiger partial charge < -0.3 is 11.1 Å². The SMILES string of the molecule is CCCCCCCC(=O)Nc1ccc(N)cc1F. The summed E-state index contributed by atoms with van der Waals surface area (Å²) in [5.74, 6) is -0.635. The Morgan fingerprint density at radius 1 is 1.28 bits per heavy atom. The van der Waals surface area contributed by atoms with Crippen LogP contribution in [0.4, 0.5) is 15.8 Å². The fraction of sp³-hybridized carbons (Fsp3) is 0.500. The predicted octanol–water partition coefficient (Wildman–Crippen LogP) is 3.71. The lowest BCUT2D eigenvalue weighted by Gasteiger charge is -2.06. The van der Waals surface area contributed by atoms with E-state index in [0.29, 0.717) is 12.1 Å². The Kier molecular flexibility index (Phi) is 6.19. The highest BCUT2D eigenvalue weighted by Crippen LogP contribution is 2.17. The molecule has 0 spiro atoms. The van der Waals surface area contributed by atoms with Crippen LogP contribution in [0.3, 0.4) is 0 Å². The molecule has 0 saturated heterocycles. The number of benzene rings is 1. The smallest absolute Gasteiger partial charge is 0.224 e. The van der Waals surface area contributed by atoms with E-state index in [2.05, 4.69) is 12.2 Å². The van der Waals surface area contributed by atoms with Crippen molar-refractivity contribution in [2.45, 2.75) is 45.4 Å². The molecule has 1 aromatic rings. The van der Waals surface area contributed by atoms with Gasteiger partial charge in [-0.1, -0.05) is 32.6 Å². The molecule has 0 radical (unpaired) electrons. The third kappa shape index (κ3) is 5.17. The summed E-state index contributed by atoms with van der Waals surface area (Å²) in [5.41, 5.74) is 5.98. The lowest BCUT2D eigenvalue weighted by Crippen LogP contribution is -2.12. The van der Waals surface area contributed by atoms with Gasteiger partial charge in [0.2, 0.25) is 5.91 Å². The molecular weight excluding hydrogens is 231 g/mol. The first kappa shape index (κ1) is 14.5. The van der Waals surface area contributed by atoms with Crippen LogP contribution in [0, 0.1) is 5.82 Å². The van der Waals surface area contributed by atoms with E-state index in [9.17, 15) is 9.18 Å². The number of amides is 1. The van der Waals surface area contributed by atoms with Crippen molar-refractivity contribution in [1.82, 2.24) is 0 Å². The number of carbonyl (C=O) groups excluding carboxylic acids is 1. The largest absolute Gasteiger partial charge is 0.399 e. The quantitative estimate of drug-likeness (QED) is 0.574. The summed E-state index contributed by atoms with van der Waals surface area (Å²) in [6, 6.07) is 4.26. The van der Waals surface area contributed by atoms with Gasteiger partial charge >= 0.3 is 0 Å². The van der Waals surface area contributed by atoms with Crippen LogP contribution in [-0.2, 0) is 4.79 Å². The fourth-order valence-electron chi connectivity index (χ4n) is 1.73. The first-order valence-electron chi connectivity index (χ1n) is 6.48. The van der Waals surface area contributed by atoms with Gasteiger partial charge in [0.1, 0.15) is 5.82 Å². The lowest BCUT2D eigenvalue weighted by molar-refractivity contribution is -0.116. The second-order valence-corrected chi connectivity index (χ2v) is 4.45. The van der Waals surface area contributed by atoms with Gasteiger partial charge in [0.25, 0.3) is 0 Å². The van der Waals surface area contributed by atoms with Gasteiger partial charge in [0, 0.05) is 12.1 Å². The molecule has 18 heavy (non-hydrogen) atoms. The van der Waals surface area contributed by atoms with Gasteiger partial charge in [0.15, 0.2) is 0 Å². The summed E-state index contributed by atoms with van der Waals surface area (Å²) in [5, 5.41) is 2.56. The summed E-state index contributed by atoms with van der Waals surface area (Å²) < 4.78 is 13.4. The maximum Gasteiger partial charge on any atom is 0.224 e. The third-order valence-corrected chi connectivity index (χ3v) is 2.77. The van der Waals surface area contributed by atoms with Crippen LogP contribution < -0.4 is 11.1 Å². The molecule has 1 rings (SSSR count). The number of nitrogens with two attached hydrogens (primary N) is 1. The maximum absolute atomic E-state index is 13.4. The summed E-state index contributed by atoms with van der Waals surface area (Å²) in [7, 11) is 0. The Morgan fingerprint density at radius 2 is 2.00 bits per heavy atom. The molecule has 0 heterocycles. The molecule has 100 valence electrons. The highest BCUT2D eigenvalue weighted by atomic mass is 19.1. The van der Waals surface area contributed by atoms with Crippen LogP contribution >= 0.6 is 0 Å². The topological polar surface area (TPSA) is 55.1 Å². The molecule has 0 aromatic heterocycles. The molecule has 0 aliphatic carbocycles. The van der Waals surface area contributed by atoms with E-state index in [1.54, 1.807) is 6.07 Å². The van der Waals surface area contributed by atoms with E-state index in [1.807, 2.05) is 0 Å². The molecule has 3 nitrogen and oxygen atoms in total. The average molecular weight is 252 g/mol. The lowest BCUT2D eigenvalue weighted by atomic mass is 10.1. The predicted molar refractivity (Wildman–Crippen MR) is 72.8 cm³/mol. The molecule has 4 heteroatoms. The highest BCUT2D eigenvalue weighted by molar-refractivity contribution is 5.90. The second kappa shape index (κ2) is 7.69. The summed E-state index contributed by atoms with van der Waals surface area (Å²) in [6.45, 7) is 2.15. The van der Waals surface area contributed by atoms with Crippen LogP contribution in [0.25, 0.3) is 0 Å². The van der Waals surface area contributed by atoms with Gasteiger partial charge in [-0.2, -0.15) is 0 Å². The number of hydrogen-bond donors (Lipinski definition) is 2. The third-order valence-electron chi connectivity index (χ3n) is 2.77. The molecular formula is C14H21FN2O. The number of unbranched alkanes of at least 4 members (excludes halogenated alkanes) is 4. The molecule has 0 saturated carbocycles. The van der Waals surface area contributed by atoms with Crippen molar-refractivity contribution in [3.63, 3.8) is 0 Å². The molecule has 3 N–H and O–H groups in total.